The third-order valence-corrected chi connectivity index (χ3v) is 2.95. The van der Waals surface area contributed by atoms with E-state index in [-0.39, 0.29) is 18.5 Å². The SMILES string of the molecule is Cc1nn(C)c(=O)c(C(=O)N(C)CCC(=O)O)c1C. The van der Waals surface area contributed by atoms with Gasteiger partial charge in [0.05, 0.1) is 12.1 Å². The molecule has 0 aliphatic heterocycles. The van der Waals surface area contributed by atoms with E-state index in [2.05, 4.69) is 5.10 Å². The molecule has 0 aliphatic carbocycles. The van der Waals surface area contributed by atoms with E-state index >= 15 is 0 Å². The second kappa shape index (κ2) is 5.64. The first-order chi connectivity index (χ1) is 8.75. The lowest BCUT2D eigenvalue weighted by Crippen LogP contribution is -2.37. The Balaban J connectivity index is 3.13. The van der Waals surface area contributed by atoms with Gasteiger partial charge in [-0.25, -0.2) is 4.68 Å². The number of carbonyl (C=O) groups is 2. The van der Waals surface area contributed by atoms with Crippen molar-refractivity contribution in [1.82, 2.24) is 14.7 Å². The molecule has 0 radical (unpaired) electrons. The molecule has 0 bridgehead atoms. The van der Waals surface area contributed by atoms with E-state index in [1.165, 1.54) is 19.0 Å². The molecule has 0 saturated heterocycles. The Hall–Kier alpha value is -2.18. The van der Waals surface area contributed by atoms with Crippen molar-refractivity contribution in [2.45, 2.75) is 20.3 Å². The Morgan fingerprint density at radius 1 is 1.37 bits per heavy atom. The molecule has 0 unspecified atom stereocenters. The minimum atomic E-state index is -0.991. The van der Waals surface area contributed by atoms with Gasteiger partial charge in [0.25, 0.3) is 11.5 Å². The van der Waals surface area contributed by atoms with Crippen LogP contribution in [0.4, 0.5) is 0 Å². The van der Waals surface area contributed by atoms with Gasteiger partial charge >= 0.3 is 5.97 Å². The number of aryl methyl sites for hydroxylation is 2. The Morgan fingerprint density at radius 2 is 1.95 bits per heavy atom. The Kier molecular flexibility index (Phi) is 4.42. The Bertz CT molecular complexity index is 577. The monoisotopic (exact) mass is 267 g/mol. The summed E-state index contributed by atoms with van der Waals surface area (Å²) < 4.78 is 1.11. The fraction of sp³-hybridized carbons (Fsp3) is 0.500. The topological polar surface area (TPSA) is 92.5 Å². The van der Waals surface area contributed by atoms with Gasteiger partial charge in [0, 0.05) is 20.6 Å². The normalized spacial score (nSPS) is 10.3. The smallest absolute Gasteiger partial charge is 0.305 e. The van der Waals surface area contributed by atoms with Crippen LogP contribution in [0.25, 0.3) is 0 Å². The lowest BCUT2D eigenvalue weighted by atomic mass is 10.1. The van der Waals surface area contributed by atoms with E-state index in [0.717, 1.165) is 4.68 Å². The Labute approximate surface area is 110 Å². The average Bonchev–Trinajstić information content (AvgIpc) is 2.33. The number of rotatable bonds is 4. The summed E-state index contributed by atoms with van der Waals surface area (Å²) in [6.07, 6.45) is -0.161. The van der Waals surface area contributed by atoms with Crippen LogP contribution in [0.2, 0.25) is 0 Å². The number of hydrogen-bond donors (Lipinski definition) is 1. The summed E-state index contributed by atoms with van der Waals surface area (Å²) >= 11 is 0. The summed E-state index contributed by atoms with van der Waals surface area (Å²) in [7, 11) is 2.95. The van der Waals surface area contributed by atoms with E-state index in [1.807, 2.05) is 0 Å². The molecule has 1 heterocycles. The first-order valence-electron chi connectivity index (χ1n) is 5.77. The van der Waals surface area contributed by atoms with Gasteiger partial charge in [-0.05, 0) is 19.4 Å². The standard InChI is InChI=1S/C12H17N3O4/c1-7-8(2)13-15(4)12(19)10(7)11(18)14(3)6-5-9(16)17/h5-6H2,1-4H3,(H,16,17). The van der Waals surface area contributed by atoms with Crippen LogP contribution in [0.3, 0.4) is 0 Å². The first-order valence-corrected chi connectivity index (χ1v) is 5.77. The number of amides is 1. The third-order valence-electron chi connectivity index (χ3n) is 2.95. The molecule has 0 saturated carbocycles. The van der Waals surface area contributed by atoms with E-state index in [4.69, 9.17) is 5.11 Å². The molecule has 0 aromatic carbocycles. The van der Waals surface area contributed by atoms with Gasteiger partial charge in [-0.3, -0.25) is 14.4 Å². The summed E-state index contributed by atoms with van der Waals surface area (Å²) in [4.78, 5) is 35.9. The molecule has 1 aromatic heterocycles. The van der Waals surface area contributed by atoms with Crippen LogP contribution < -0.4 is 5.56 Å². The van der Waals surface area contributed by atoms with Crippen molar-refractivity contribution in [2.75, 3.05) is 13.6 Å². The molecule has 0 atom stereocenters. The highest BCUT2D eigenvalue weighted by Crippen LogP contribution is 2.08. The predicted molar refractivity (Wildman–Crippen MR) is 68.2 cm³/mol. The Morgan fingerprint density at radius 3 is 2.47 bits per heavy atom. The molecule has 1 rings (SSSR count). The van der Waals surface area contributed by atoms with Crippen LogP contribution in [0.1, 0.15) is 28.0 Å². The summed E-state index contributed by atoms with van der Waals surface area (Å²) in [5, 5.41) is 12.6. The maximum absolute atomic E-state index is 12.2. The van der Waals surface area contributed by atoms with Crippen molar-refractivity contribution in [3.8, 4) is 0 Å². The highest BCUT2D eigenvalue weighted by Gasteiger charge is 2.21. The molecule has 1 amide bonds. The van der Waals surface area contributed by atoms with Gasteiger partial charge in [0.2, 0.25) is 0 Å². The summed E-state index contributed by atoms with van der Waals surface area (Å²) in [6, 6.07) is 0. The number of carbonyl (C=O) groups excluding carboxylic acids is 1. The number of carboxylic acid groups (broad SMARTS) is 1. The van der Waals surface area contributed by atoms with Crippen LogP contribution in [0.5, 0.6) is 0 Å². The molecule has 19 heavy (non-hydrogen) atoms. The van der Waals surface area contributed by atoms with Crippen molar-refractivity contribution >= 4 is 11.9 Å². The zero-order valence-corrected chi connectivity index (χ0v) is 11.4. The highest BCUT2D eigenvalue weighted by molar-refractivity contribution is 5.95. The molecular formula is C12H17N3O4. The molecule has 1 N–H and O–H groups in total. The fourth-order valence-corrected chi connectivity index (χ4v) is 1.66. The van der Waals surface area contributed by atoms with Gasteiger partial charge in [-0.2, -0.15) is 5.10 Å². The zero-order chi connectivity index (χ0) is 14.7. The number of aliphatic carboxylic acids is 1. The second-order valence-electron chi connectivity index (χ2n) is 4.38. The summed E-state index contributed by atoms with van der Waals surface area (Å²) in [5.41, 5.74) is 0.686. The second-order valence-corrected chi connectivity index (χ2v) is 4.38. The van der Waals surface area contributed by atoms with Crippen LogP contribution in [-0.4, -0.2) is 45.3 Å². The van der Waals surface area contributed by atoms with Gasteiger partial charge in [-0.15, -0.1) is 0 Å². The van der Waals surface area contributed by atoms with Crippen LogP contribution in [0.15, 0.2) is 4.79 Å². The van der Waals surface area contributed by atoms with E-state index in [1.54, 1.807) is 13.8 Å². The van der Waals surface area contributed by atoms with Crippen LogP contribution in [-0.2, 0) is 11.8 Å². The van der Waals surface area contributed by atoms with Crippen molar-refractivity contribution in [3.63, 3.8) is 0 Å². The summed E-state index contributed by atoms with van der Waals surface area (Å²) in [5.74, 6) is -1.47. The number of hydrogen-bond acceptors (Lipinski definition) is 4. The van der Waals surface area contributed by atoms with Gasteiger partial charge in [0.1, 0.15) is 5.56 Å². The predicted octanol–water partition coefficient (Wildman–Crippen LogP) is -0.0562. The van der Waals surface area contributed by atoms with E-state index < -0.39 is 17.4 Å². The van der Waals surface area contributed by atoms with Crippen molar-refractivity contribution < 1.29 is 14.7 Å². The minimum absolute atomic E-state index is 0.0443. The highest BCUT2D eigenvalue weighted by atomic mass is 16.4. The quantitative estimate of drug-likeness (QED) is 0.825. The molecule has 104 valence electrons. The summed E-state index contributed by atoms with van der Waals surface area (Å²) in [6.45, 7) is 3.42. The van der Waals surface area contributed by atoms with Crippen molar-refractivity contribution in [2.24, 2.45) is 7.05 Å². The van der Waals surface area contributed by atoms with Crippen molar-refractivity contribution in [3.05, 3.63) is 27.2 Å². The van der Waals surface area contributed by atoms with Crippen LogP contribution >= 0.6 is 0 Å². The molecule has 7 heteroatoms. The van der Waals surface area contributed by atoms with Crippen LogP contribution in [0, 0.1) is 13.8 Å². The van der Waals surface area contributed by atoms with Gasteiger partial charge < -0.3 is 10.0 Å². The third kappa shape index (κ3) is 3.18. The van der Waals surface area contributed by atoms with Gasteiger partial charge in [0.15, 0.2) is 0 Å². The average molecular weight is 267 g/mol. The molecule has 7 nitrogen and oxygen atoms in total. The van der Waals surface area contributed by atoms with E-state index in [9.17, 15) is 14.4 Å². The fourth-order valence-electron chi connectivity index (χ4n) is 1.66. The zero-order valence-electron chi connectivity index (χ0n) is 11.4. The largest absolute Gasteiger partial charge is 0.481 e. The maximum atomic E-state index is 12.2. The molecular weight excluding hydrogens is 250 g/mol. The number of nitrogens with zero attached hydrogens (tertiary/aromatic N) is 3. The lowest BCUT2D eigenvalue weighted by Gasteiger charge is -2.17. The minimum Gasteiger partial charge on any atom is -0.481 e. The lowest BCUT2D eigenvalue weighted by molar-refractivity contribution is -0.137. The van der Waals surface area contributed by atoms with Gasteiger partial charge in [-0.1, -0.05) is 0 Å². The van der Waals surface area contributed by atoms with E-state index in [0.29, 0.717) is 11.3 Å². The molecule has 0 aliphatic rings. The maximum Gasteiger partial charge on any atom is 0.305 e. The first kappa shape index (κ1) is 14.9. The molecule has 1 aromatic rings. The number of aromatic nitrogens is 2. The van der Waals surface area contributed by atoms with Crippen molar-refractivity contribution in [1.29, 1.82) is 0 Å². The molecule has 0 spiro atoms. The number of carboxylic acids is 1. The molecule has 0 fully saturated rings.